The quantitative estimate of drug-likeness (QED) is 0.875. The van der Waals surface area contributed by atoms with Crippen LogP contribution in [-0.4, -0.2) is 48.6 Å². The molecule has 2 amide bonds. The minimum atomic E-state index is 0.00180. The largest absolute Gasteiger partial charge is 0.352 e. The number of amides is 2. The van der Waals surface area contributed by atoms with E-state index >= 15 is 0 Å². The van der Waals surface area contributed by atoms with E-state index in [0.717, 1.165) is 31.7 Å². The van der Waals surface area contributed by atoms with E-state index in [1.807, 2.05) is 17.0 Å². The summed E-state index contributed by atoms with van der Waals surface area (Å²) >= 11 is 6.21. The summed E-state index contributed by atoms with van der Waals surface area (Å²) in [5.74, 6) is 0.796. The van der Waals surface area contributed by atoms with Crippen LogP contribution in [0.1, 0.15) is 18.1 Å². The summed E-state index contributed by atoms with van der Waals surface area (Å²) in [6.07, 6.45) is 3.64. The highest BCUT2D eigenvalue weighted by Crippen LogP contribution is 2.23. The Bertz CT molecular complexity index is 727. The molecule has 1 aliphatic heterocycles. The first-order chi connectivity index (χ1) is 12.7. The van der Waals surface area contributed by atoms with Crippen molar-refractivity contribution in [3.63, 3.8) is 0 Å². The van der Waals surface area contributed by atoms with E-state index in [-0.39, 0.29) is 6.03 Å². The molecule has 26 heavy (non-hydrogen) atoms. The number of nitrogens with one attached hydrogen (secondary N) is 1. The Morgan fingerprint density at radius 3 is 2.46 bits per heavy atom. The maximum atomic E-state index is 12.4. The summed E-state index contributed by atoms with van der Waals surface area (Å²) in [5, 5.41) is 3.67. The number of urea groups is 1. The van der Waals surface area contributed by atoms with E-state index in [9.17, 15) is 4.79 Å². The molecule has 1 saturated heterocycles. The van der Waals surface area contributed by atoms with Crippen molar-refractivity contribution in [3.05, 3.63) is 58.7 Å². The molecule has 2 aromatic rings. The Morgan fingerprint density at radius 1 is 1.12 bits per heavy atom. The summed E-state index contributed by atoms with van der Waals surface area (Å²) in [4.78, 5) is 20.7. The lowest BCUT2D eigenvalue weighted by Crippen LogP contribution is -2.52. The molecule has 1 aromatic carbocycles. The molecule has 0 unspecified atom stereocenters. The maximum absolute atomic E-state index is 12.4. The monoisotopic (exact) mass is 372 g/mol. The lowest BCUT2D eigenvalue weighted by atomic mass is 10.1. The fourth-order valence-corrected chi connectivity index (χ4v) is 3.34. The lowest BCUT2D eigenvalue weighted by Gasteiger charge is -2.35. The van der Waals surface area contributed by atoms with E-state index in [4.69, 9.17) is 11.6 Å². The van der Waals surface area contributed by atoms with Gasteiger partial charge in [-0.15, -0.1) is 0 Å². The van der Waals surface area contributed by atoms with Crippen molar-refractivity contribution in [2.75, 3.05) is 37.6 Å². The standard InChI is InChI=1S/C20H25ClN4O/c1-2-16-5-7-17(8-6-16)9-11-23-20(26)25-14-12-24(13-15-25)19-18(21)4-3-10-22-19/h3-8,10H,2,9,11-15H2,1H3,(H,23,26). The second kappa shape index (κ2) is 8.90. The van der Waals surface area contributed by atoms with Gasteiger partial charge in [0, 0.05) is 38.9 Å². The van der Waals surface area contributed by atoms with E-state index in [0.29, 0.717) is 24.7 Å². The minimum absolute atomic E-state index is 0.00180. The molecular formula is C20H25ClN4O. The molecule has 0 aliphatic carbocycles. The summed E-state index contributed by atoms with van der Waals surface area (Å²) in [6, 6.07) is 12.3. The van der Waals surface area contributed by atoms with Crippen LogP contribution in [-0.2, 0) is 12.8 Å². The number of nitrogens with zero attached hydrogens (tertiary/aromatic N) is 3. The number of halogens is 1. The summed E-state index contributed by atoms with van der Waals surface area (Å²) in [6.45, 7) is 5.62. The van der Waals surface area contributed by atoms with Crippen LogP contribution < -0.4 is 10.2 Å². The van der Waals surface area contributed by atoms with Gasteiger partial charge in [-0.25, -0.2) is 9.78 Å². The fraction of sp³-hybridized carbons (Fsp3) is 0.400. The number of pyridine rings is 1. The molecule has 1 aromatic heterocycles. The molecule has 0 saturated carbocycles. The molecule has 0 spiro atoms. The number of benzene rings is 1. The smallest absolute Gasteiger partial charge is 0.317 e. The predicted molar refractivity (Wildman–Crippen MR) is 106 cm³/mol. The maximum Gasteiger partial charge on any atom is 0.317 e. The van der Waals surface area contributed by atoms with Crippen molar-refractivity contribution >= 4 is 23.4 Å². The van der Waals surface area contributed by atoms with Crippen LogP contribution >= 0.6 is 11.6 Å². The molecule has 1 fully saturated rings. The van der Waals surface area contributed by atoms with E-state index in [1.165, 1.54) is 11.1 Å². The van der Waals surface area contributed by atoms with Gasteiger partial charge in [-0.2, -0.15) is 0 Å². The number of aromatic nitrogens is 1. The minimum Gasteiger partial charge on any atom is -0.352 e. The number of anilines is 1. The number of piperazine rings is 1. The van der Waals surface area contributed by atoms with Crippen molar-refractivity contribution in [1.82, 2.24) is 15.2 Å². The zero-order chi connectivity index (χ0) is 18.4. The number of hydrogen-bond donors (Lipinski definition) is 1. The second-order valence-corrected chi connectivity index (χ2v) is 6.84. The summed E-state index contributed by atoms with van der Waals surface area (Å²) < 4.78 is 0. The van der Waals surface area contributed by atoms with Gasteiger partial charge in [0.15, 0.2) is 0 Å². The van der Waals surface area contributed by atoms with Crippen molar-refractivity contribution in [1.29, 1.82) is 0 Å². The highest BCUT2D eigenvalue weighted by molar-refractivity contribution is 6.32. The highest BCUT2D eigenvalue weighted by atomic mass is 35.5. The van der Waals surface area contributed by atoms with Crippen LogP contribution in [0.15, 0.2) is 42.6 Å². The number of carbonyl (C=O) groups is 1. The number of rotatable bonds is 5. The molecule has 1 N–H and O–H groups in total. The molecule has 5 nitrogen and oxygen atoms in total. The lowest BCUT2D eigenvalue weighted by molar-refractivity contribution is 0.194. The van der Waals surface area contributed by atoms with Gasteiger partial charge >= 0.3 is 6.03 Å². The van der Waals surface area contributed by atoms with Crippen molar-refractivity contribution in [2.45, 2.75) is 19.8 Å². The normalized spacial score (nSPS) is 14.4. The van der Waals surface area contributed by atoms with Gasteiger partial charge in [0.2, 0.25) is 0 Å². The highest BCUT2D eigenvalue weighted by Gasteiger charge is 2.22. The molecule has 0 bridgehead atoms. The Kier molecular flexibility index (Phi) is 6.34. The Hall–Kier alpha value is -2.27. The Balaban J connectivity index is 1.43. The molecule has 0 radical (unpaired) electrons. The average molecular weight is 373 g/mol. The fourth-order valence-electron chi connectivity index (χ4n) is 3.10. The van der Waals surface area contributed by atoms with E-state index in [1.54, 1.807) is 6.20 Å². The first-order valence-corrected chi connectivity index (χ1v) is 9.51. The SMILES string of the molecule is CCc1ccc(CCNC(=O)N2CCN(c3ncccc3Cl)CC2)cc1. The summed E-state index contributed by atoms with van der Waals surface area (Å²) in [5.41, 5.74) is 2.58. The third-order valence-electron chi connectivity index (χ3n) is 4.73. The van der Waals surface area contributed by atoms with Crippen LogP contribution in [0.2, 0.25) is 5.02 Å². The third kappa shape index (κ3) is 4.67. The zero-order valence-corrected chi connectivity index (χ0v) is 15.9. The van der Waals surface area contributed by atoms with Gasteiger partial charge in [-0.05, 0) is 36.1 Å². The van der Waals surface area contributed by atoms with E-state index in [2.05, 4.69) is 46.4 Å². The second-order valence-electron chi connectivity index (χ2n) is 6.43. The van der Waals surface area contributed by atoms with Crippen LogP contribution in [0.5, 0.6) is 0 Å². The summed E-state index contributed by atoms with van der Waals surface area (Å²) in [7, 11) is 0. The van der Waals surface area contributed by atoms with Crippen molar-refractivity contribution < 1.29 is 4.79 Å². The Morgan fingerprint density at radius 2 is 1.81 bits per heavy atom. The topological polar surface area (TPSA) is 48.5 Å². The van der Waals surface area contributed by atoms with Gasteiger partial charge in [0.1, 0.15) is 5.82 Å². The zero-order valence-electron chi connectivity index (χ0n) is 15.1. The number of carbonyl (C=O) groups excluding carboxylic acids is 1. The van der Waals surface area contributed by atoms with Gasteiger partial charge < -0.3 is 15.1 Å². The van der Waals surface area contributed by atoms with Crippen LogP contribution in [0, 0.1) is 0 Å². The van der Waals surface area contributed by atoms with Crippen LogP contribution in [0.4, 0.5) is 10.6 Å². The predicted octanol–water partition coefficient (Wildman–Crippen LogP) is 3.37. The van der Waals surface area contributed by atoms with Gasteiger partial charge in [-0.3, -0.25) is 0 Å². The molecule has 0 atom stereocenters. The van der Waals surface area contributed by atoms with Crippen molar-refractivity contribution in [3.8, 4) is 0 Å². The molecule has 3 rings (SSSR count). The number of aryl methyl sites for hydroxylation is 1. The van der Waals surface area contributed by atoms with Gasteiger partial charge in [0.05, 0.1) is 5.02 Å². The first-order valence-electron chi connectivity index (χ1n) is 9.13. The first kappa shape index (κ1) is 18.5. The van der Waals surface area contributed by atoms with Gasteiger partial charge in [-0.1, -0.05) is 42.8 Å². The molecule has 138 valence electrons. The molecule has 6 heteroatoms. The van der Waals surface area contributed by atoms with Crippen molar-refractivity contribution in [2.24, 2.45) is 0 Å². The van der Waals surface area contributed by atoms with Crippen LogP contribution in [0.3, 0.4) is 0 Å². The molecule has 1 aliphatic rings. The van der Waals surface area contributed by atoms with E-state index < -0.39 is 0 Å². The van der Waals surface area contributed by atoms with Gasteiger partial charge in [0.25, 0.3) is 0 Å². The average Bonchev–Trinajstić information content (AvgIpc) is 2.69. The third-order valence-corrected chi connectivity index (χ3v) is 5.02. The number of hydrogen-bond acceptors (Lipinski definition) is 3. The molecular weight excluding hydrogens is 348 g/mol. The molecule has 2 heterocycles. The van der Waals surface area contributed by atoms with Crippen LogP contribution in [0.25, 0.3) is 0 Å². The Labute approximate surface area is 160 Å².